The fourth-order valence-corrected chi connectivity index (χ4v) is 2.27. The van der Waals surface area contributed by atoms with E-state index in [2.05, 4.69) is 5.32 Å². The normalized spacial score (nSPS) is 10.1. The molecule has 1 aromatic heterocycles. The maximum atomic E-state index is 11.9. The highest BCUT2D eigenvalue weighted by atomic mass is 35.5. The maximum absolute atomic E-state index is 11.9. The van der Waals surface area contributed by atoms with Crippen LogP contribution in [0.1, 0.15) is 5.56 Å². The summed E-state index contributed by atoms with van der Waals surface area (Å²) in [5, 5.41) is 7.50. The Morgan fingerprint density at radius 2 is 2.06 bits per heavy atom. The van der Waals surface area contributed by atoms with Gasteiger partial charge in [0.05, 0.1) is 0 Å². The molecule has 0 spiro atoms. The second-order valence-electron chi connectivity index (χ2n) is 3.92. The number of urea groups is 1. The molecule has 0 radical (unpaired) electrons. The molecule has 1 heterocycles. The predicted molar refractivity (Wildman–Crippen MR) is 76.3 cm³/mol. The average molecular weight is 281 g/mol. The van der Waals surface area contributed by atoms with Gasteiger partial charge in [-0.25, -0.2) is 4.79 Å². The Labute approximate surface area is 115 Å². The van der Waals surface area contributed by atoms with Crippen LogP contribution in [0.25, 0.3) is 0 Å². The molecule has 0 atom stereocenters. The van der Waals surface area contributed by atoms with E-state index in [4.69, 9.17) is 11.6 Å². The minimum Gasteiger partial charge on any atom is -0.323 e. The van der Waals surface area contributed by atoms with Gasteiger partial charge in [-0.05, 0) is 46.7 Å². The third-order valence-electron chi connectivity index (χ3n) is 2.44. The lowest BCUT2D eigenvalue weighted by atomic mass is 10.3. The van der Waals surface area contributed by atoms with Crippen molar-refractivity contribution < 1.29 is 4.79 Å². The first-order chi connectivity index (χ1) is 8.65. The molecule has 0 saturated heterocycles. The molecular formula is C13H13ClN2OS. The number of halogens is 1. The third-order valence-corrected chi connectivity index (χ3v) is 3.43. The predicted octanol–water partition coefficient (Wildman–Crippen LogP) is 4.07. The Morgan fingerprint density at radius 1 is 1.33 bits per heavy atom. The fourth-order valence-electron chi connectivity index (χ4n) is 1.48. The number of rotatable bonds is 3. The highest BCUT2D eigenvalue weighted by Gasteiger charge is 2.09. The van der Waals surface area contributed by atoms with Gasteiger partial charge in [0.15, 0.2) is 0 Å². The maximum Gasteiger partial charge on any atom is 0.321 e. The smallest absolute Gasteiger partial charge is 0.321 e. The number of amides is 2. The van der Waals surface area contributed by atoms with Crippen molar-refractivity contribution >= 4 is 34.7 Å². The van der Waals surface area contributed by atoms with Gasteiger partial charge in [0.1, 0.15) is 0 Å². The molecule has 18 heavy (non-hydrogen) atoms. The summed E-state index contributed by atoms with van der Waals surface area (Å²) in [6.45, 7) is 0.600. The standard InChI is InChI=1S/C13H13ClN2OS/c1-16(8-10-6-7-18-9-10)13(17)15-12-4-2-11(14)3-5-12/h2-7,9H,8H2,1H3,(H,15,17). The summed E-state index contributed by atoms with van der Waals surface area (Å²) in [6, 6.07) is 8.92. The Bertz CT molecular complexity index is 510. The van der Waals surface area contributed by atoms with E-state index >= 15 is 0 Å². The van der Waals surface area contributed by atoms with Gasteiger partial charge in [-0.1, -0.05) is 11.6 Å². The molecule has 0 saturated carbocycles. The van der Waals surface area contributed by atoms with Gasteiger partial charge < -0.3 is 10.2 Å². The van der Waals surface area contributed by atoms with Crippen molar-refractivity contribution in [3.8, 4) is 0 Å². The van der Waals surface area contributed by atoms with Gasteiger partial charge in [0.25, 0.3) is 0 Å². The molecule has 0 bridgehead atoms. The summed E-state index contributed by atoms with van der Waals surface area (Å²) in [7, 11) is 1.77. The summed E-state index contributed by atoms with van der Waals surface area (Å²) >= 11 is 7.41. The fraction of sp³-hybridized carbons (Fsp3) is 0.154. The minimum absolute atomic E-state index is 0.136. The molecule has 1 aromatic carbocycles. The number of nitrogens with one attached hydrogen (secondary N) is 1. The Hall–Kier alpha value is -1.52. The van der Waals surface area contributed by atoms with Crippen LogP contribution < -0.4 is 5.32 Å². The number of hydrogen-bond acceptors (Lipinski definition) is 2. The molecule has 0 aliphatic carbocycles. The van der Waals surface area contributed by atoms with E-state index in [0.29, 0.717) is 11.6 Å². The molecule has 94 valence electrons. The molecule has 2 amide bonds. The first-order valence-electron chi connectivity index (χ1n) is 5.44. The van der Waals surface area contributed by atoms with Gasteiger partial charge in [-0.3, -0.25) is 0 Å². The largest absolute Gasteiger partial charge is 0.323 e. The SMILES string of the molecule is CN(Cc1ccsc1)C(=O)Nc1ccc(Cl)cc1. The van der Waals surface area contributed by atoms with Gasteiger partial charge in [-0.15, -0.1) is 0 Å². The Kier molecular flexibility index (Phi) is 4.23. The zero-order valence-corrected chi connectivity index (χ0v) is 11.5. The van der Waals surface area contributed by atoms with Crippen LogP contribution in [0.2, 0.25) is 5.02 Å². The zero-order chi connectivity index (χ0) is 13.0. The van der Waals surface area contributed by atoms with Crippen LogP contribution in [0.15, 0.2) is 41.1 Å². The molecule has 2 aromatic rings. The van der Waals surface area contributed by atoms with Crippen LogP contribution in [0, 0.1) is 0 Å². The van der Waals surface area contributed by atoms with Crippen LogP contribution in [0.5, 0.6) is 0 Å². The lowest BCUT2D eigenvalue weighted by Gasteiger charge is -2.17. The number of nitrogens with zero attached hydrogens (tertiary/aromatic N) is 1. The van der Waals surface area contributed by atoms with E-state index in [9.17, 15) is 4.79 Å². The summed E-state index contributed by atoms with van der Waals surface area (Å²) in [5.74, 6) is 0. The monoisotopic (exact) mass is 280 g/mol. The molecule has 2 rings (SSSR count). The van der Waals surface area contributed by atoms with E-state index in [1.807, 2.05) is 16.8 Å². The van der Waals surface area contributed by atoms with E-state index in [-0.39, 0.29) is 6.03 Å². The van der Waals surface area contributed by atoms with Crippen LogP contribution in [-0.2, 0) is 6.54 Å². The van der Waals surface area contributed by atoms with Crippen molar-refractivity contribution in [1.82, 2.24) is 4.90 Å². The van der Waals surface area contributed by atoms with Crippen LogP contribution in [0.4, 0.5) is 10.5 Å². The molecule has 1 N–H and O–H groups in total. The van der Waals surface area contributed by atoms with E-state index in [0.717, 1.165) is 11.3 Å². The topological polar surface area (TPSA) is 32.3 Å². The second-order valence-corrected chi connectivity index (χ2v) is 5.14. The summed E-state index contributed by atoms with van der Waals surface area (Å²) in [6.07, 6.45) is 0. The van der Waals surface area contributed by atoms with Crippen molar-refractivity contribution in [1.29, 1.82) is 0 Å². The van der Waals surface area contributed by atoms with Crippen molar-refractivity contribution in [2.45, 2.75) is 6.54 Å². The number of thiophene rings is 1. The number of carbonyl (C=O) groups is 1. The first-order valence-corrected chi connectivity index (χ1v) is 6.76. The summed E-state index contributed by atoms with van der Waals surface area (Å²) in [5.41, 5.74) is 1.87. The van der Waals surface area contributed by atoms with Crippen molar-refractivity contribution in [3.05, 3.63) is 51.7 Å². The van der Waals surface area contributed by atoms with Gasteiger partial charge in [0.2, 0.25) is 0 Å². The first kappa shape index (κ1) is 12.9. The molecule has 3 nitrogen and oxygen atoms in total. The average Bonchev–Trinajstić information content (AvgIpc) is 2.85. The summed E-state index contributed by atoms with van der Waals surface area (Å²) < 4.78 is 0. The van der Waals surface area contributed by atoms with Crippen LogP contribution >= 0.6 is 22.9 Å². The quantitative estimate of drug-likeness (QED) is 0.903. The minimum atomic E-state index is -0.136. The van der Waals surface area contributed by atoms with E-state index in [1.165, 1.54) is 0 Å². The molecule has 0 unspecified atom stereocenters. The van der Waals surface area contributed by atoms with Gasteiger partial charge >= 0.3 is 6.03 Å². The Balaban J connectivity index is 1.93. The number of anilines is 1. The van der Waals surface area contributed by atoms with E-state index < -0.39 is 0 Å². The number of benzene rings is 1. The van der Waals surface area contributed by atoms with Gasteiger partial charge in [0, 0.05) is 24.3 Å². The van der Waals surface area contributed by atoms with Gasteiger partial charge in [-0.2, -0.15) is 11.3 Å². The molecular weight excluding hydrogens is 268 g/mol. The van der Waals surface area contributed by atoms with Crippen molar-refractivity contribution in [2.24, 2.45) is 0 Å². The highest BCUT2D eigenvalue weighted by molar-refractivity contribution is 7.07. The number of hydrogen-bond donors (Lipinski definition) is 1. The second kappa shape index (κ2) is 5.89. The van der Waals surface area contributed by atoms with Crippen LogP contribution in [-0.4, -0.2) is 18.0 Å². The highest BCUT2D eigenvalue weighted by Crippen LogP contribution is 2.14. The number of carbonyl (C=O) groups excluding carboxylic acids is 1. The Morgan fingerprint density at radius 3 is 2.67 bits per heavy atom. The zero-order valence-electron chi connectivity index (χ0n) is 9.89. The summed E-state index contributed by atoms with van der Waals surface area (Å²) in [4.78, 5) is 13.5. The molecule has 5 heteroatoms. The van der Waals surface area contributed by atoms with Crippen LogP contribution in [0.3, 0.4) is 0 Å². The van der Waals surface area contributed by atoms with E-state index in [1.54, 1.807) is 47.5 Å². The molecule has 0 fully saturated rings. The lowest BCUT2D eigenvalue weighted by Crippen LogP contribution is -2.30. The van der Waals surface area contributed by atoms with Crippen molar-refractivity contribution in [2.75, 3.05) is 12.4 Å². The lowest BCUT2D eigenvalue weighted by molar-refractivity contribution is 0.221. The van der Waals surface area contributed by atoms with Crippen molar-refractivity contribution in [3.63, 3.8) is 0 Å². The molecule has 0 aliphatic heterocycles. The molecule has 0 aliphatic rings. The third kappa shape index (κ3) is 3.48.